The molecule has 3 aromatic rings. The Hall–Kier alpha value is -3.29. The lowest BCUT2D eigenvalue weighted by Crippen LogP contribution is -2.22. The van der Waals surface area contributed by atoms with Crippen molar-refractivity contribution < 1.29 is 17.9 Å². The van der Waals surface area contributed by atoms with E-state index in [-0.39, 0.29) is 11.8 Å². The summed E-state index contributed by atoms with van der Waals surface area (Å²) in [5.74, 6) is 0.243. The Labute approximate surface area is 173 Å². The van der Waals surface area contributed by atoms with E-state index in [1.807, 2.05) is 45.9 Å². The Morgan fingerprint density at radius 2 is 1.57 bits per heavy atom. The summed E-state index contributed by atoms with van der Waals surface area (Å²) >= 11 is 0. The summed E-state index contributed by atoms with van der Waals surface area (Å²) in [6.07, 6.45) is -3.84. The molecule has 0 unspecified atom stereocenters. The number of aryl methyl sites for hydroxylation is 1. The van der Waals surface area contributed by atoms with E-state index in [1.54, 1.807) is 30.3 Å². The number of ether oxygens (including phenoxy) is 1. The van der Waals surface area contributed by atoms with Gasteiger partial charge in [0.1, 0.15) is 22.7 Å². The molecule has 1 aromatic heterocycles. The first-order valence-electron chi connectivity index (χ1n) is 9.34. The average molecular weight is 416 g/mol. The molecule has 1 heterocycles. The number of benzene rings is 2. The van der Waals surface area contributed by atoms with Crippen molar-refractivity contribution in [3.63, 3.8) is 0 Å². The maximum absolute atomic E-state index is 13.5. The highest BCUT2D eigenvalue weighted by Gasteiger charge is 2.35. The molecule has 0 atom stereocenters. The van der Waals surface area contributed by atoms with Crippen LogP contribution in [0.4, 0.5) is 36.3 Å². The average Bonchev–Trinajstić information content (AvgIpc) is 2.60. The van der Waals surface area contributed by atoms with Crippen LogP contribution in [0.25, 0.3) is 0 Å². The summed E-state index contributed by atoms with van der Waals surface area (Å²) in [4.78, 5) is 7.90. The van der Waals surface area contributed by atoms with E-state index in [0.29, 0.717) is 17.1 Å². The van der Waals surface area contributed by atoms with Crippen molar-refractivity contribution in [2.75, 3.05) is 10.6 Å². The quantitative estimate of drug-likeness (QED) is 0.499. The van der Waals surface area contributed by atoms with Crippen molar-refractivity contribution in [2.45, 2.75) is 39.5 Å². The minimum absolute atomic E-state index is 0.0539. The first kappa shape index (κ1) is 21.4. The molecule has 0 radical (unpaired) electrons. The lowest BCUT2D eigenvalue weighted by Gasteiger charge is -2.22. The monoisotopic (exact) mass is 416 g/mol. The van der Waals surface area contributed by atoms with Gasteiger partial charge in [-0.3, -0.25) is 0 Å². The number of nitrogens with zero attached hydrogens (tertiary/aromatic N) is 2. The van der Waals surface area contributed by atoms with Gasteiger partial charge in [-0.05, 0) is 57.5 Å². The summed E-state index contributed by atoms with van der Waals surface area (Å²) in [6, 6.07) is 14.1. The van der Waals surface area contributed by atoms with Crippen LogP contribution in [0.2, 0.25) is 0 Å². The largest absolute Gasteiger partial charge is 0.488 e. The van der Waals surface area contributed by atoms with Gasteiger partial charge < -0.3 is 15.4 Å². The molecule has 2 N–H and O–H groups in total. The van der Waals surface area contributed by atoms with E-state index in [1.165, 1.54) is 0 Å². The minimum Gasteiger partial charge on any atom is -0.488 e. The first-order valence-corrected chi connectivity index (χ1v) is 9.34. The third-order valence-corrected chi connectivity index (χ3v) is 3.89. The topological polar surface area (TPSA) is 59.1 Å². The van der Waals surface area contributed by atoms with E-state index < -0.39 is 17.3 Å². The number of alkyl halides is 3. The molecule has 0 saturated heterocycles. The standard InChI is InChI=1S/C22H23F3N4O/c1-14-7-5-8-15(11-14)28-20-26-13-18(22(23,24)25)19(29-20)27-16-9-6-10-17(12-16)30-21(2,3)4/h5-13H,1-4H3,(H2,26,27,28,29). The second kappa shape index (κ2) is 8.22. The van der Waals surface area contributed by atoms with Gasteiger partial charge in [0, 0.05) is 23.6 Å². The Balaban J connectivity index is 1.92. The van der Waals surface area contributed by atoms with Gasteiger partial charge in [-0.2, -0.15) is 18.2 Å². The highest BCUT2D eigenvalue weighted by atomic mass is 19.4. The molecule has 0 aliphatic carbocycles. The number of hydrogen-bond acceptors (Lipinski definition) is 5. The summed E-state index contributed by atoms with van der Waals surface area (Å²) < 4.78 is 46.3. The number of anilines is 4. The molecule has 3 rings (SSSR count). The molecular weight excluding hydrogens is 393 g/mol. The van der Waals surface area contributed by atoms with Crippen LogP contribution in [-0.4, -0.2) is 15.6 Å². The fourth-order valence-corrected chi connectivity index (χ4v) is 2.72. The van der Waals surface area contributed by atoms with Crippen molar-refractivity contribution in [3.8, 4) is 5.75 Å². The van der Waals surface area contributed by atoms with Crippen LogP contribution in [0.15, 0.2) is 54.7 Å². The second-order valence-electron chi connectivity index (χ2n) is 7.82. The van der Waals surface area contributed by atoms with Gasteiger partial charge in [-0.25, -0.2) is 4.98 Å². The number of rotatable bonds is 5. The zero-order valence-corrected chi connectivity index (χ0v) is 17.1. The third kappa shape index (κ3) is 5.85. The Morgan fingerprint density at radius 3 is 2.20 bits per heavy atom. The molecule has 0 fully saturated rings. The molecule has 158 valence electrons. The number of nitrogens with one attached hydrogen (secondary N) is 2. The van der Waals surface area contributed by atoms with Crippen LogP contribution in [0.1, 0.15) is 31.9 Å². The van der Waals surface area contributed by atoms with Crippen molar-refractivity contribution in [2.24, 2.45) is 0 Å². The Bertz CT molecular complexity index is 1030. The Morgan fingerprint density at radius 1 is 0.900 bits per heavy atom. The van der Waals surface area contributed by atoms with E-state index in [0.717, 1.165) is 11.8 Å². The van der Waals surface area contributed by atoms with Gasteiger partial charge in [-0.1, -0.05) is 18.2 Å². The van der Waals surface area contributed by atoms with Crippen LogP contribution in [0.5, 0.6) is 5.75 Å². The fraction of sp³-hybridized carbons (Fsp3) is 0.273. The molecule has 0 aliphatic heterocycles. The molecule has 0 spiro atoms. The highest BCUT2D eigenvalue weighted by molar-refractivity contribution is 5.64. The molecule has 0 saturated carbocycles. The zero-order valence-electron chi connectivity index (χ0n) is 17.1. The van der Waals surface area contributed by atoms with Gasteiger partial charge in [0.25, 0.3) is 0 Å². The van der Waals surface area contributed by atoms with Gasteiger partial charge in [-0.15, -0.1) is 0 Å². The van der Waals surface area contributed by atoms with Gasteiger partial charge >= 0.3 is 6.18 Å². The zero-order chi connectivity index (χ0) is 21.9. The van der Waals surface area contributed by atoms with Crippen LogP contribution in [-0.2, 0) is 6.18 Å². The van der Waals surface area contributed by atoms with Gasteiger partial charge in [0.05, 0.1) is 0 Å². The summed E-state index contributed by atoms with van der Waals surface area (Å²) in [5.41, 5.74) is 0.708. The number of aromatic nitrogens is 2. The molecule has 0 bridgehead atoms. The molecule has 30 heavy (non-hydrogen) atoms. The maximum atomic E-state index is 13.5. The minimum atomic E-state index is -4.61. The fourth-order valence-electron chi connectivity index (χ4n) is 2.72. The SMILES string of the molecule is Cc1cccc(Nc2ncc(C(F)(F)F)c(Nc3cccc(OC(C)(C)C)c3)n2)c1. The van der Waals surface area contributed by atoms with E-state index in [4.69, 9.17) is 4.74 Å². The van der Waals surface area contributed by atoms with Crippen LogP contribution < -0.4 is 15.4 Å². The van der Waals surface area contributed by atoms with Crippen molar-refractivity contribution in [3.05, 3.63) is 65.9 Å². The number of halogens is 3. The summed E-state index contributed by atoms with van der Waals surface area (Å²) in [6.45, 7) is 7.59. The molecule has 8 heteroatoms. The molecule has 0 amide bonds. The van der Waals surface area contributed by atoms with Crippen molar-refractivity contribution >= 4 is 23.1 Å². The summed E-state index contributed by atoms with van der Waals surface area (Å²) in [5, 5.41) is 5.69. The van der Waals surface area contributed by atoms with Gasteiger partial charge in [0.2, 0.25) is 5.95 Å². The lowest BCUT2D eigenvalue weighted by molar-refractivity contribution is -0.137. The molecule has 0 aliphatic rings. The predicted octanol–water partition coefficient (Wildman–Crippen LogP) is 6.47. The second-order valence-corrected chi connectivity index (χ2v) is 7.82. The summed E-state index contributed by atoms with van der Waals surface area (Å²) in [7, 11) is 0. The van der Waals surface area contributed by atoms with Gasteiger partial charge in [0.15, 0.2) is 0 Å². The normalized spacial score (nSPS) is 11.8. The van der Waals surface area contributed by atoms with Crippen LogP contribution in [0.3, 0.4) is 0 Å². The highest BCUT2D eigenvalue weighted by Crippen LogP contribution is 2.36. The molecule has 2 aromatic carbocycles. The van der Waals surface area contributed by atoms with Crippen molar-refractivity contribution in [1.29, 1.82) is 0 Å². The first-order chi connectivity index (χ1) is 14.0. The van der Waals surface area contributed by atoms with E-state index in [2.05, 4.69) is 20.6 Å². The smallest absolute Gasteiger partial charge is 0.421 e. The van der Waals surface area contributed by atoms with Crippen LogP contribution >= 0.6 is 0 Å². The predicted molar refractivity (Wildman–Crippen MR) is 112 cm³/mol. The lowest BCUT2D eigenvalue weighted by atomic mass is 10.2. The molecule has 5 nitrogen and oxygen atoms in total. The van der Waals surface area contributed by atoms with Crippen molar-refractivity contribution in [1.82, 2.24) is 9.97 Å². The van der Waals surface area contributed by atoms with E-state index >= 15 is 0 Å². The Kier molecular flexibility index (Phi) is 5.87. The van der Waals surface area contributed by atoms with E-state index in [9.17, 15) is 13.2 Å². The third-order valence-electron chi connectivity index (χ3n) is 3.89. The number of hydrogen-bond donors (Lipinski definition) is 2. The van der Waals surface area contributed by atoms with Crippen LogP contribution in [0, 0.1) is 6.92 Å². The molecular formula is C22H23F3N4O. The maximum Gasteiger partial charge on any atom is 0.421 e.